The first-order chi connectivity index (χ1) is 8.79. The van der Waals surface area contributed by atoms with Gasteiger partial charge in [0.15, 0.2) is 0 Å². The molecule has 2 aliphatic heterocycles. The Labute approximate surface area is 107 Å². The first-order valence-electron chi connectivity index (χ1n) is 6.80. The zero-order valence-corrected chi connectivity index (χ0v) is 10.5. The summed E-state index contributed by atoms with van der Waals surface area (Å²) in [7, 11) is 0. The Kier molecular flexibility index (Phi) is 3.32. The highest BCUT2D eigenvalue weighted by Gasteiger charge is 2.34. The van der Waals surface area contributed by atoms with Crippen molar-refractivity contribution in [1.29, 1.82) is 0 Å². The maximum absolute atomic E-state index is 11.9. The molecule has 1 aromatic rings. The Hall–Kier alpha value is -1.36. The van der Waals surface area contributed by atoms with Crippen LogP contribution in [0.25, 0.3) is 0 Å². The van der Waals surface area contributed by atoms with Crippen molar-refractivity contribution in [1.82, 2.24) is 20.8 Å². The SMILES string of the molecule is O=C(CC1CC2CCC(C1)N2)NCc1ccn[nH]1. The van der Waals surface area contributed by atoms with Crippen molar-refractivity contribution in [2.45, 2.75) is 50.7 Å². The number of fused-ring (bicyclic) bond motifs is 2. The van der Waals surface area contributed by atoms with Gasteiger partial charge in [0.2, 0.25) is 5.91 Å². The summed E-state index contributed by atoms with van der Waals surface area (Å²) in [4.78, 5) is 11.9. The van der Waals surface area contributed by atoms with Crippen LogP contribution in [0.1, 0.15) is 37.8 Å². The molecule has 0 radical (unpaired) electrons. The van der Waals surface area contributed by atoms with Crippen LogP contribution in [-0.4, -0.2) is 28.2 Å². The zero-order valence-electron chi connectivity index (χ0n) is 10.5. The third-order valence-electron chi connectivity index (χ3n) is 4.08. The molecule has 2 unspecified atom stereocenters. The number of nitrogens with zero attached hydrogens (tertiary/aromatic N) is 1. The van der Waals surface area contributed by atoms with Crippen LogP contribution < -0.4 is 10.6 Å². The van der Waals surface area contributed by atoms with E-state index in [0.717, 1.165) is 18.5 Å². The maximum Gasteiger partial charge on any atom is 0.220 e. The standard InChI is InChI=1S/C13H20N4O/c18-13(14-8-12-3-4-15-17-12)7-9-5-10-1-2-11(6-9)16-10/h3-4,9-11,16H,1-2,5-8H2,(H,14,18)(H,15,17). The number of carbonyl (C=O) groups excluding carboxylic acids is 1. The minimum absolute atomic E-state index is 0.163. The van der Waals surface area contributed by atoms with Gasteiger partial charge in [-0.05, 0) is 37.7 Å². The predicted octanol–water partition coefficient (Wildman–Crippen LogP) is 0.947. The normalized spacial score (nSPS) is 30.3. The van der Waals surface area contributed by atoms with Crippen LogP contribution in [0.4, 0.5) is 0 Å². The lowest BCUT2D eigenvalue weighted by Crippen LogP contribution is -2.39. The lowest BCUT2D eigenvalue weighted by molar-refractivity contribution is -0.122. The van der Waals surface area contributed by atoms with Crippen LogP contribution in [0.2, 0.25) is 0 Å². The molecule has 5 nitrogen and oxygen atoms in total. The van der Waals surface area contributed by atoms with E-state index in [-0.39, 0.29) is 5.91 Å². The van der Waals surface area contributed by atoms with E-state index in [1.807, 2.05) is 6.07 Å². The molecule has 3 rings (SSSR count). The summed E-state index contributed by atoms with van der Waals surface area (Å²) in [6, 6.07) is 3.20. The number of H-pyrrole nitrogens is 1. The van der Waals surface area contributed by atoms with E-state index in [0.29, 0.717) is 31.0 Å². The second-order valence-corrected chi connectivity index (χ2v) is 5.54. The highest BCUT2D eigenvalue weighted by molar-refractivity contribution is 5.76. The summed E-state index contributed by atoms with van der Waals surface area (Å²) in [6.07, 6.45) is 7.27. The Bertz CT molecular complexity index is 391. The molecule has 0 saturated carbocycles. The number of aromatic nitrogens is 2. The van der Waals surface area contributed by atoms with E-state index in [1.54, 1.807) is 6.20 Å². The van der Waals surface area contributed by atoms with E-state index >= 15 is 0 Å². The molecule has 2 atom stereocenters. The molecule has 18 heavy (non-hydrogen) atoms. The minimum atomic E-state index is 0.163. The number of hydrogen-bond donors (Lipinski definition) is 3. The van der Waals surface area contributed by atoms with Crippen molar-refractivity contribution in [2.75, 3.05) is 0 Å². The van der Waals surface area contributed by atoms with E-state index in [4.69, 9.17) is 0 Å². The van der Waals surface area contributed by atoms with Gasteiger partial charge in [-0.25, -0.2) is 0 Å². The number of amides is 1. The van der Waals surface area contributed by atoms with Crippen molar-refractivity contribution < 1.29 is 4.79 Å². The lowest BCUT2D eigenvalue weighted by Gasteiger charge is -2.28. The van der Waals surface area contributed by atoms with Gasteiger partial charge in [-0.3, -0.25) is 9.89 Å². The van der Waals surface area contributed by atoms with Gasteiger partial charge in [-0.1, -0.05) is 0 Å². The molecule has 2 fully saturated rings. The highest BCUT2D eigenvalue weighted by Crippen LogP contribution is 2.32. The summed E-state index contributed by atoms with van der Waals surface area (Å²) in [5.41, 5.74) is 0.953. The average Bonchev–Trinajstić information content (AvgIpc) is 2.97. The first-order valence-corrected chi connectivity index (χ1v) is 6.80. The van der Waals surface area contributed by atoms with Gasteiger partial charge in [0.05, 0.1) is 12.2 Å². The first kappa shape index (κ1) is 11.7. The average molecular weight is 248 g/mol. The van der Waals surface area contributed by atoms with E-state index < -0.39 is 0 Å². The number of nitrogens with one attached hydrogen (secondary N) is 3. The molecule has 0 aromatic carbocycles. The van der Waals surface area contributed by atoms with Gasteiger partial charge in [0.25, 0.3) is 0 Å². The summed E-state index contributed by atoms with van der Waals surface area (Å²) >= 11 is 0. The second kappa shape index (κ2) is 5.10. The van der Waals surface area contributed by atoms with Crippen LogP contribution in [0, 0.1) is 5.92 Å². The number of piperidine rings is 1. The molecular weight excluding hydrogens is 228 g/mol. The zero-order chi connectivity index (χ0) is 12.4. The van der Waals surface area contributed by atoms with Gasteiger partial charge in [0.1, 0.15) is 0 Å². The van der Waals surface area contributed by atoms with Crippen molar-refractivity contribution in [3.8, 4) is 0 Å². The van der Waals surface area contributed by atoms with Crippen LogP contribution >= 0.6 is 0 Å². The Morgan fingerprint density at radius 2 is 2.17 bits per heavy atom. The minimum Gasteiger partial charge on any atom is -0.350 e. The fraction of sp³-hybridized carbons (Fsp3) is 0.692. The Balaban J connectivity index is 1.43. The van der Waals surface area contributed by atoms with Gasteiger partial charge < -0.3 is 10.6 Å². The smallest absolute Gasteiger partial charge is 0.220 e. The molecule has 3 N–H and O–H groups in total. The van der Waals surface area contributed by atoms with Crippen LogP contribution in [0.5, 0.6) is 0 Å². The fourth-order valence-corrected chi connectivity index (χ4v) is 3.25. The number of aromatic amines is 1. The molecule has 1 amide bonds. The van der Waals surface area contributed by atoms with Crippen molar-refractivity contribution in [3.05, 3.63) is 18.0 Å². The molecule has 98 valence electrons. The Morgan fingerprint density at radius 1 is 1.39 bits per heavy atom. The van der Waals surface area contributed by atoms with Crippen LogP contribution in [0.15, 0.2) is 12.3 Å². The van der Waals surface area contributed by atoms with Gasteiger partial charge in [0, 0.05) is 24.7 Å². The van der Waals surface area contributed by atoms with Crippen molar-refractivity contribution in [3.63, 3.8) is 0 Å². The quantitative estimate of drug-likeness (QED) is 0.743. The molecule has 2 bridgehead atoms. The predicted molar refractivity (Wildman–Crippen MR) is 67.7 cm³/mol. The summed E-state index contributed by atoms with van der Waals surface area (Å²) in [5, 5.41) is 13.3. The van der Waals surface area contributed by atoms with E-state index in [2.05, 4.69) is 20.8 Å². The van der Waals surface area contributed by atoms with Gasteiger partial charge in [-0.2, -0.15) is 5.10 Å². The van der Waals surface area contributed by atoms with E-state index in [9.17, 15) is 4.79 Å². The largest absolute Gasteiger partial charge is 0.350 e. The van der Waals surface area contributed by atoms with Gasteiger partial charge in [-0.15, -0.1) is 0 Å². The fourth-order valence-electron chi connectivity index (χ4n) is 3.25. The summed E-state index contributed by atoms with van der Waals surface area (Å²) in [5.74, 6) is 0.724. The number of rotatable bonds is 4. The van der Waals surface area contributed by atoms with Gasteiger partial charge >= 0.3 is 0 Å². The third kappa shape index (κ3) is 2.72. The van der Waals surface area contributed by atoms with Crippen molar-refractivity contribution in [2.24, 2.45) is 5.92 Å². The second-order valence-electron chi connectivity index (χ2n) is 5.54. The van der Waals surface area contributed by atoms with Crippen LogP contribution in [-0.2, 0) is 11.3 Å². The van der Waals surface area contributed by atoms with E-state index in [1.165, 1.54) is 12.8 Å². The summed E-state index contributed by atoms with van der Waals surface area (Å²) < 4.78 is 0. The van der Waals surface area contributed by atoms with Crippen molar-refractivity contribution >= 4 is 5.91 Å². The number of hydrogen-bond acceptors (Lipinski definition) is 3. The monoisotopic (exact) mass is 248 g/mol. The molecule has 1 aromatic heterocycles. The highest BCUT2D eigenvalue weighted by atomic mass is 16.1. The molecule has 5 heteroatoms. The number of carbonyl (C=O) groups is 1. The lowest BCUT2D eigenvalue weighted by atomic mass is 9.89. The topological polar surface area (TPSA) is 69.8 Å². The molecule has 0 spiro atoms. The molecule has 2 saturated heterocycles. The molecule has 2 aliphatic rings. The molecular formula is C13H20N4O. The van der Waals surface area contributed by atoms with Crippen LogP contribution in [0.3, 0.4) is 0 Å². The molecule has 3 heterocycles. The molecule has 0 aliphatic carbocycles. The maximum atomic E-state index is 11.9. The Morgan fingerprint density at radius 3 is 2.83 bits per heavy atom. The third-order valence-corrected chi connectivity index (χ3v) is 4.08. The summed E-state index contributed by atoms with van der Waals surface area (Å²) in [6.45, 7) is 0.552.